The summed E-state index contributed by atoms with van der Waals surface area (Å²) < 4.78 is 5.17. The van der Waals surface area contributed by atoms with Crippen LogP contribution in [-0.2, 0) is 9.59 Å². The van der Waals surface area contributed by atoms with E-state index in [0.29, 0.717) is 34.9 Å². The number of methoxy groups -OCH3 is 1. The number of benzene rings is 2. The molecular formula is C21H20ClNO5. The molecule has 1 amide bonds. The van der Waals surface area contributed by atoms with E-state index in [-0.39, 0.29) is 17.1 Å². The zero-order valence-corrected chi connectivity index (χ0v) is 16.2. The summed E-state index contributed by atoms with van der Waals surface area (Å²) in [6.07, 6.45) is 0.636. The van der Waals surface area contributed by atoms with Crippen molar-refractivity contribution in [3.63, 3.8) is 0 Å². The predicted octanol–water partition coefficient (Wildman–Crippen LogP) is 3.89. The number of hydrogen-bond acceptors (Lipinski definition) is 5. The normalized spacial score (nSPS) is 18.5. The topological polar surface area (TPSA) is 87.1 Å². The Morgan fingerprint density at radius 3 is 2.61 bits per heavy atom. The molecule has 0 bridgehead atoms. The second kappa shape index (κ2) is 7.94. The molecule has 1 heterocycles. The van der Waals surface area contributed by atoms with Gasteiger partial charge in [0.2, 0.25) is 0 Å². The monoisotopic (exact) mass is 401 g/mol. The van der Waals surface area contributed by atoms with Gasteiger partial charge >= 0.3 is 0 Å². The fraction of sp³-hybridized carbons (Fsp3) is 0.238. The van der Waals surface area contributed by atoms with Gasteiger partial charge in [0.05, 0.1) is 23.7 Å². The molecule has 28 heavy (non-hydrogen) atoms. The van der Waals surface area contributed by atoms with Crippen molar-refractivity contribution in [2.75, 3.05) is 13.7 Å². The largest absolute Gasteiger partial charge is 0.508 e. The molecule has 1 unspecified atom stereocenters. The summed E-state index contributed by atoms with van der Waals surface area (Å²) in [6.45, 7) is 2.23. The van der Waals surface area contributed by atoms with Crippen LogP contribution in [0.3, 0.4) is 0 Å². The second-order valence-electron chi connectivity index (χ2n) is 6.44. The highest BCUT2D eigenvalue weighted by molar-refractivity contribution is 6.46. The number of hydrogen-bond donors (Lipinski definition) is 2. The number of phenols is 1. The summed E-state index contributed by atoms with van der Waals surface area (Å²) in [7, 11) is 1.44. The van der Waals surface area contributed by atoms with Gasteiger partial charge in [-0.2, -0.15) is 0 Å². The Hall–Kier alpha value is -2.99. The molecule has 0 spiro atoms. The number of aliphatic hydroxyl groups is 1. The average Bonchev–Trinajstić information content (AvgIpc) is 2.93. The number of halogens is 1. The van der Waals surface area contributed by atoms with Crippen LogP contribution < -0.4 is 4.74 Å². The quantitative estimate of drug-likeness (QED) is 0.451. The van der Waals surface area contributed by atoms with Crippen molar-refractivity contribution < 1.29 is 24.5 Å². The van der Waals surface area contributed by atoms with Gasteiger partial charge in [0.25, 0.3) is 11.7 Å². The van der Waals surface area contributed by atoms with Crippen LogP contribution in [0.25, 0.3) is 5.76 Å². The lowest BCUT2D eigenvalue weighted by Crippen LogP contribution is -2.30. The number of nitrogens with zero attached hydrogens (tertiary/aromatic N) is 1. The van der Waals surface area contributed by atoms with Crippen molar-refractivity contribution in [1.82, 2.24) is 4.90 Å². The van der Waals surface area contributed by atoms with E-state index in [1.165, 1.54) is 30.2 Å². The molecule has 1 atom stereocenters. The highest BCUT2D eigenvalue weighted by atomic mass is 35.5. The number of carbonyl (C=O) groups excluding carboxylic acids is 2. The summed E-state index contributed by atoms with van der Waals surface area (Å²) in [5, 5.41) is 21.1. The molecule has 1 aliphatic heterocycles. The van der Waals surface area contributed by atoms with Crippen LogP contribution in [0.15, 0.2) is 48.0 Å². The second-order valence-corrected chi connectivity index (χ2v) is 6.84. The molecule has 3 rings (SSSR count). The fourth-order valence-electron chi connectivity index (χ4n) is 3.36. The summed E-state index contributed by atoms with van der Waals surface area (Å²) in [4.78, 5) is 26.8. The molecule has 2 aromatic carbocycles. The van der Waals surface area contributed by atoms with Crippen molar-refractivity contribution in [3.05, 3.63) is 64.2 Å². The maximum Gasteiger partial charge on any atom is 0.295 e. The van der Waals surface area contributed by atoms with Gasteiger partial charge in [-0.1, -0.05) is 30.7 Å². The van der Waals surface area contributed by atoms with Gasteiger partial charge in [-0.25, -0.2) is 0 Å². The smallest absolute Gasteiger partial charge is 0.295 e. The van der Waals surface area contributed by atoms with E-state index in [1.807, 2.05) is 6.92 Å². The number of phenolic OH excluding ortho intramolecular Hbond substituents is 1. The van der Waals surface area contributed by atoms with Gasteiger partial charge in [-0.3, -0.25) is 9.59 Å². The Kier molecular flexibility index (Phi) is 5.61. The molecule has 0 radical (unpaired) electrons. The van der Waals surface area contributed by atoms with E-state index < -0.39 is 17.7 Å². The molecule has 7 heteroatoms. The van der Waals surface area contributed by atoms with E-state index in [2.05, 4.69) is 0 Å². The molecule has 1 saturated heterocycles. The Labute approximate surface area is 167 Å². The molecule has 1 aliphatic rings. The number of amides is 1. The molecule has 146 valence electrons. The van der Waals surface area contributed by atoms with Crippen LogP contribution >= 0.6 is 11.6 Å². The minimum absolute atomic E-state index is 0.00717. The van der Waals surface area contributed by atoms with Crippen molar-refractivity contribution in [1.29, 1.82) is 0 Å². The van der Waals surface area contributed by atoms with Crippen LogP contribution in [0.2, 0.25) is 5.02 Å². The first-order valence-corrected chi connectivity index (χ1v) is 9.18. The number of ketones is 1. The van der Waals surface area contributed by atoms with Gasteiger partial charge < -0.3 is 19.8 Å². The minimum atomic E-state index is -0.797. The Bertz CT molecular complexity index is 969. The van der Waals surface area contributed by atoms with Gasteiger partial charge in [-0.15, -0.1) is 0 Å². The van der Waals surface area contributed by atoms with Crippen LogP contribution in [-0.4, -0.2) is 40.5 Å². The lowest BCUT2D eigenvalue weighted by Gasteiger charge is -2.25. The maximum absolute atomic E-state index is 12.8. The Morgan fingerprint density at radius 1 is 1.21 bits per heavy atom. The Morgan fingerprint density at radius 2 is 1.96 bits per heavy atom. The number of aliphatic hydroxyl groups excluding tert-OH is 1. The molecular weight excluding hydrogens is 382 g/mol. The van der Waals surface area contributed by atoms with Crippen LogP contribution in [0.4, 0.5) is 0 Å². The number of ether oxygens (including phenoxy) is 1. The van der Waals surface area contributed by atoms with Gasteiger partial charge in [-0.05, 0) is 42.3 Å². The summed E-state index contributed by atoms with van der Waals surface area (Å²) in [5.74, 6) is -1.43. The lowest BCUT2D eigenvalue weighted by molar-refractivity contribution is -0.139. The average molecular weight is 402 g/mol. The van der Waals surface area contributed by atoms with E-state index in [4.69, 9.17) is 16.3 Å². The molecule has 0 saturated carbocycles. The van der Waals surface area contributed by atoms with Crippen LogP contribution in [0.5, 0.6) is 11.5 Å². The maximum atomic E-state index is 12.8. The molecule has 6 nitrogen and oxygen atoms in total. The van der Waals surface area contributed by atoms with E-state index in [0.717, 1.165) is 0 Å². The standard InChI is InChI=1S/C21H20ClNO5/c1-3-9-23-18(12-5-4-6-14(24)10-12)17(20(26)21(23)27)19(25)13-7-8-15(22)16(11-13)28-2/h4-8,10-11,18,24-25H,3,9H2,1-2H3/b19-17-. The van der Waals surface area contributed by atoms with E-state index in [1.54, 1.807) is 24.3 Å². The first-order chi connectivity index (χ1) is 13.4. The highest BCUT2D eigenvalue weighted by Gasteiger charge is 2.45. The SMILES string of the molecule is CCCN1C(=O)C(=O)/C(=C(\O)c2ccc(Cl)c(OC)c2)C1c1cccc(O)c1. The van der Waals surface area contributed by atoms with Crippen molar-refractivity contribution in [2.24, 2.45) is 0 Å². The van der Waals surface area contributed by atoms with Gasteiger partial charge in [0.15, 0.2) is 0 Å². The van der Waals surface area contributed by atoms with Crippen LogP contribution in [0, 0.1) is 0 Å². The van der Waals surface area contributed by atoms with E-state index >= 15 is 0 Å². The molecule has 1 fully saturated rings. The fourth-order valence-corrected chi connectivity index (χ4v) is 3.55. The highest BCUT2D eigenvalue weighted by Crippen LogP contribution is 2.41. The third kappa shape index (κ3) is 3.43. The molecule has 2 aromatic rings. The molecule has 0 aliphatic carbocycles. The third-order valence-corrected chi connectivity index (χ3v) is 4.93. The number of Topliss-reactive ketones (excluding diaryl/α,β-unsaturated/α-hetero) is 1. The number of aromatic hydroxyl groups is 1. The zero-order chi connectivity index (χ0) is 20.4. The minimum Gasteiger partial charge on any atom is -0.508 e. The number of carbonyl (C=O) groups is 2. The summed E-state index contributed by atoms with van der Waals surface area (Å²) >= 11 is 6.04. The summed E-state index contributed by atoms with van der Waals surface area (Å²) in [6, 6.07) is 10.1. The first kappa shape index (κ1) is 19.8. The van der Waals surface area contributed by atoms with Crippen molar-refractivity contribution in [2.45, 2.75) is 19.4 Å². The van der Waals surface area contributed by atoms with Crippen molar-refractivity contribution >= 4 is 29.1 Å². The summed E-state index contributed by atoms with van der Waals surface area (Å²) in [5.41, 5.74) is 0.810. The zero-order valence-electron chi connectivity index (χ0n) is 15.5. The third-order valence-electron chi connectivity index (χ3n) is 4.61. The molecule has 2 N–H and O–H groups in total. The van der Waals surface area contributed by atoms with Crippen molar-refractivity contribution in [3.8, 4) is 11.5 Å². The first-order valence-electron chi connectivity index (χ1n) is 8.80. The predicted molar refractivity (Wildman–Crippen MR) is 105 cm³/mol. The van der Waals surface area contributed by atoms with Crippen LogP contribution in [0.1, 0.15) is 30.5 Å². The van der Waals surface area contributed by atoms with E-state index in [9.17, 15) is 19.8 Å². The Balaban J connectivity index is 2.21. The molecule has 0 aromatic heterocycles. The number of rotatable bonds is 5. The number of likely N-dealkylation sites (tertiary alicyclic amines) is 1. The lowest BCUT2D eigenvalue weighted by atomic mass is 9.95. The van der Waals surface area contributed by atoms with Gasteiger partial charge in [0, 0.05) is 12.1 Å². The van der Waals surface area contributed by atoms with Gasteiger partial charge in [0.1, 0.15) is 17.3 Å².